The molecule has 0 fully saturated rings. The Bertz CT molecular complexity index is 873. The van der Waals surface area contributed by atoms with Crippen molar-refractivity contribution >= 4 is 28.2 Å². The number of fused-ring (bicyclic) bond motifs is 1. The van der Waals surface area contributed by atoms with Gasteiger partial charge in [-0.1, -0.05) is 43.4 Å². The summed E-state index contributed by atoms with van der Waals surface area (Å²) in [4.78, 5) is 9.63. The highest BCUT2D eigenvalue weighted by Crippen LogP contribution is 2.27. The molecule has 1 aromatic carbocycles. The summed E-state index contributed by atoms with van der Waals surface area (Å²) < 4.78 is 0. The van der Waals surface area contributed by atoms with Crippen LogP contribution in [0.2, 0.25) is 0 Å². The van der Waals surface area contributed by atoms with Gasteiger partial charge in [0.15, 0.2) is 0 Å². The molecule has 23 heavy (non-hydrogen) atoms. The van der Waals surface area contributed by atoms with Crippen molar-refractivity contribution < 1.29 is 0 Å². The Morgan fingerprint density at radius 3 is 2.83 bits per heavy atom. The van der Waals surface area contributed by atoms with Crippen molar-refractivity contribution in [1.82, 2.24) is 9.97 Å². The molecule has 3 aromatic rings. The highest BCUT2D eigenvalue weighted by Gasteiger charge is 2.10. The zero-order valence-electron chi connectivity index (χ0n) is 13.3. The van der Waals surface area contributed by atoms with Crippen LogP contribution < -0.4 is 5.73 Å². The maximum atomic E-state index is 5.74. The molecule has 1 unspecified atom stereocenters. The van der Waals surface area contributed by atoms with Crippen LogP contribution in [0.15, 0.2) is 48.7 Å². The molecule has 2 aromatic heterocycles. The van der Waals surface area contributed by atoms with E-state index in [2.05, 4.69) is 41.2 Å². The average Bonchev–Trinajstić information content (AvgIpc) is 2.54. The minimum absolute atomic E-state index is 0.190. The molecular weight excluding hydrogens is 302 g/mol. The van der Waals surface area contributed by atoms with E-state index in [1.807, 2.05) is 31.3 Å². The second kappa shape index (κ2) is 6.42. The first-order valence-electron chi connectivity index (χ1n) is 7.65. The molecule has 0 saturated carbocycles. The van der Waals surface area contributed by atoms with E-state index in [0.717, 1.165) is 34.3 Å². The van der Waals surface area contributed by atoms with Gasteiger partial charge in [-0.15, -0.1) is 0 Å². The second-order valence-electron chi connectivity index (χ2n) is 5.89. The zero-order valence-corrected chi connectivity index (χ0v) is 14.1. The average molecular weight is 321 g/mol. The number of aryl methyl sites for hydroxylation is 1. The first-order chi connectivity index (χ1) is 11.0. The van der Waals surface area contributed by atoms with Crippen molar-refractivity contribution in [3.63, 3.8) is 0 Å². The number of thiocarbonyl (C=S) groups is 1. The van der Waals surface area contributed by atoms with E-state index < -0.39 is 0 Å². The molecule has 1 atom stereocenters. The van der Waals surface area contributed by atoms with Gasteiger partial charge < -0.3 is 5.73 Å². The minimum Gasteiger partial charge on any atom is -0.393 e. The number of hydrogen-bond acceptors (Lipinski definition) is 3. The molecule has 0 aliphatic rings. The second-order valence-corrected chi connectivity index (χ2v) is 6.36. The van der Waals surface area contributed by atoms with Gasteiger partial charge in [0, 0.05) is 23.4 Å². The summed E-state index contributed by atoms with van der Waals surface area (Å²) in [5.41, 5.74) is 12.0. The van der Waals surface area contributed by atoms with Gasteiger partial charge in [0.1, 0.15) is 0 Å². The van der Waals surface area contributed by atoms with Gasteiger partial charge in [-0.25, -0.2) is 0 Å². The fourth-order valence-corrected chi connectivity index (χ4v) is 2.76. The van der Waals surface area contributed by atoms with E-state index in [4.69, 9.17) is 18.0 Å². The zero-order chi connectivity index (χ0) is 16.4. The largest absolute Gasteiger partial charge is 0.393 e. The SMILES string of the molecule is Cc1ccc2nccc(-c3cccc(CC(C)C(N)=S)c3)c2n1. The maximum Gasteiger partial charge on any atom is 0.0968 e. The molecule has 116 valence electrons. The summed E-state index contributed by atoms with van der Waals surface area (Å²) in [6, 6.07) is 14.5. The topological polar surface area (TPSA) is 51.8 Å². The Balaban J connectivity index is 2.05. The molecule has 0 radical (unpaired) electrons. The van der Waals surface area contributed by atoms with Crippen molar-refractivity contribution in [3.8, 4) is 11.1 Å². The minimum atomic E-state index is 0.190. The number of benzene rings is 1. The number of hydrogen-bond donors (Lipinski definition) is 1. The molecule has 2 heterocycles. The first-order valence-corrected chi connectivity index (χ1v) is 8.06. The Kier molecular flexibility index (Phi) is 4.35. The van der Waals surface area contributed by atoms with Crippen LogP contribution in [0.4, 0.5) is 0 Å². The molecule has 0 bridgehead atoms. The van der Waals surface area contributed by atoms with Crippen LogP contribution in [0.5, 0.6) is 0 Å². The number of nitrogens with zero attached hydrogens (tertiary/aromatic N) is 2. The molecule has 0 aliphatic carbocycles. The lowest BCUT2D eigenvalue weighted by atomic mass is 9.96. The quantitative estimate of drug-likeness (QED) is 0.736. The number of nitrogens with two attached hydrogens (primary N) is 1. The van der Waals surface area contributed by atoms with Crippen molar-refractivity contribution in [1.29, 1.82) is 0 Å². The highest BCUT2D eigenvalue weighted by molar-refractivity contribution is 7.80. The third-order valence-electron chi connectivity index (χ3n) is 3.99. The molecule has 2 N–H and O–H groups in total. The lowest BCUT2D eigenvalue weighted by Gasteiger charge is -2.11. The van der Waals surface area contributed by atoms with Crippen LogP contribution in [0.1, 0.15) is 18.2 Å². The molecule has 0 amide bonds. The van der Waals surface area contributed by atoms with Gasteiger partial charge in [-0.2, -0.15) is 0 Å². The van der Waals surface area contributed by atoms with Crippen LogP contribution in [0.3, 0.4) is 0 Å². The Morgan fingerprint density at radius 2 is 2.04 bits per heavy atom. The number of rotatable bonds is 4. The van der Waals surface area contributed by atoms with Crippen LogP contribution in [-0.4, -0.2) is 15.0 Å². The maximum absolute atomic E-state index is 5.74. The molecule has 0 spiro atoms. The Labute approximate surface area is 141 Å². The highest BCUT2D eigenvalue weighted by atomic mass is 32.1. The molecule has 0 aliphatic heterocycles. The fraction of sp³-hybridized carbons (Fsp3) is 0.211. The molecular formula is C19H19N3S. The Morgan fingerprint density at radius 1 is 1.22 bits per heavy atom. The van der Waals surface area contributed by atoms with Crippen molar-refractivity contribution in [2.24, 2.45) is 11.7 Å². The normalized spacial score (nSPS) is 12.3. The van der Waals surface area contributed by atoms with Crippen LogP contribution >= 0.6 is 12.2 Å². The van der Waals surface area contributed by atoms with Crippen molar-refractivity contribution in [2.45, 2.75) is 20.3 Å². The first kappa shape index (κ1) is 15.6. The summed E-state index contributed by atoms with van der Waals surface area (Å²) in [5, 5.41) is 0. The third kappa shape index (κ3) is 3.37. The van der Waals surface area contributed by atoms with Crippen LogP contribution in [-0.2, 0) is 6.42 Å². The standard InChI is InChI=1S/C19H19N3S/c1-12(19(20)23)10-14-4-3-5-15(11-14)16-8-9-21-17-7-6-13(2)22-18(16)17/h3-9,11-12H,10H2,1-2H3,(H2,20,23). The number of pyridine rings is 2. The van der Waals surface area contributed by atoms with E-state index in [9.17, 15) is 0 Å². The summed E-state index contributed by atoms with van der Waals surface area (Å²) >= 11 is 5.08. The monoisotopic (exact) mass is 321 g/mol. The summed E-state index contributed by atoms with van der Waals surface area (Å²) in [5.74, 6) is 0.190. The molecule has 3 rings (SSSR count). The smallest absolute Gasteiger partial charge is 0.0968 e. The van der Waals surface area contributed by atoms with Gasteiger partial charge in [0.25, 0.3) is 0 Å². The van der Waals surface area contributed by atoms with Crippen LogP contribution in [0, 0.1) is 12.8 Å². The van der Waals surface area contributed by atoms with Crippen molar-refractivity contribution in [3.05, 3.63) is 59.9 Å². The van der Waals surface area contributed by atoms with E-state index in [0.29, 0.717) is 4.99 Å². The molecule has 0 saturated heterocycles. The lowest BCUT2D eigenvalue weighted by molar-refractivity contribution is 0.772. The van der Waals surface area contributed by atoms with Gasteiger partial charge in [-0.3, -0.25) is 9.97 Å². The third-order valence-corrected chi connectivity index (χ3v) is 4.39. The summed E-state index contributed by atoms with van der Waals surface area (Å²) in [6.45, 7) is 4.05. The number of aromatic nitrogens is 2. The Hall–Kier alpha value is -2.33. The van der Waals surface area contributed by atoms with E-state index in [1.54, 1.807) is 0 Å². The van der Waals surface area contributed by atoms with E-state index in [-0.39, 0.29) is 5.92 Å². The van der Waals surface area contributed by atoms with Gasteiger partial charge in [0.2, 0.25) is 0 Å². The predicted octanol–water partition coefficient (Wildman–Crippen LogP) is 4.07. The van der Waals surface area contributed by atoms with Gasteiger partial charge >= 0.3 is 0 Å². The van der Waals surface area contributed by atoms with Gasteiger partial charge in [0.05, 0.1) is 16.0 Å². The summed E-state index contributed by atoms with van der Waals surface area (Å²) in [7, 11) is 0. The predicted molar refractivity (Wildman–Crippen MR) is 99.4 cm³/mol. The lowest BCUT2D eigenvalue weighted by Crippen LogP contribution is -2.20. The van der Waals surface area contributed by atoms with Crippen LogP contribution in [0.25, 0.3) is 22.2 Å². The van der Waals surface area contributed by atoms with E-state index >= 15 is 0 Å². The van der Waals surface area contributed by atoms with E-state index in [1.165, 1.54) is 5.56 Å². The molecule has 4 heteroatoms. The van der Waals surface area contributed by atoms with Crippen molar-refractivity contribution in [2.75, 3.05) is 0 Å². The fourth-order valence-electron chi connectivity index (χ4n) is 2.68. The molecule has 3 nitrogen and oxygen atoms in total. The summed E-state index contributed by atoms with van der Waals surface area (Å²) in [6.07, 6.45) is 2.68. The van der Waals surface area contributed by atoms with Gasteiger partial charge in [-0.05, 0) is 42.7 Å².